The molecular weight excluding hydrogens is 629 g/mol. The fraction of sp³-hybridized carbons (Fsp3) is 0.312. The zero-order chi connectivity index (χ0) is 33.5. The standard InChI is InChI=1S/C32H34FN7O6S/c1-38-11-13-40(14-12-38)27-17-23(29(34)41)24(18-28(27)39-9-7-19(8-10-39)32(43)44)31(42)35-30-25-16-22(5-6-26(25)36-37-30)47(45,46)21-4-2-3-20(33)15-21/h2-6,15-19H,7-14H2,1H3,(H2,34,41)(H,43,44)(H2,35,36,37,42). The second kappa shape index (κ2) is 12.6. The van der Waals surface area contributed by atoms with Gasteiger partial charge in [0.15, 0.2) is 5.82 Å². The lowest BCUT2D eigenvalue weighted by Crippen LogP contribution is -2.45. The number of carboxylic acid groups (broad SMARTS) is 1. The number of carbonyl (C=O) groups excluding carboxylic acids is 2. The Bertz CT molecular complexity index is 1980. The summed E-state index contributed by atoms with van der Waals surface area (Å²) in [5.74, 6) is -3.49. The van der Waals surface area contributed by atoms with Crippen LogP contribution in [-0.4, -0.2) is 92.7 Å². The Labute approximate surface area is 270 Å². The van der Waals surface area contributed by atoms with Gasteiger partial charge >= 0.3 is 5.97 Å². The quantitative estimate of drug-likeness (QED) is 0.219. The molecule has 4 aromatic rings. The van der Waals surface area contributed by atoms with Crippen LogP contribution in [0.15, 0.2) is 64.4 Å². The maximum atomic E-state index is 13.9. The van der Waals surface area contributed by atoms with Crippen LogP contribution in [-0.2, 0) is 14.6 Å². The van der Waals surface area contributed by atoms with Crippen molar-refractivity contribution < 1.29 is 32.3 Å². The molecule has 2 saturated heterocycles. The predicted octanol–water partition coefficient (Wildman–Crippen LogP) is 2.94. The number of aromatic amines is 1. The third-order valence-electron chi connectivity index (χ3n) is 8.84. The zero-order valence-electron chi connectivity index (χ0n) is 25.6. The largest absolute Gasteiger partial charge is 0.481 e. The van der Waals surface area contributed by atoms with Crippen molar-refractivity contribution in [3.05, 3.63) is 71.5 Å². The van der Waals surface area contributed by atoms with Crippen molar-refractivity contribution in [3.63, 3.8) is 0 Å². The highest BCUT2D eigenvalue weighted by Gasteiger charge is 2.30. The van der Waals surface area contributed by atoms with Crippen molar-refractivity contribution in [2.24, 2.45) is 11.7 Å². The average molecular weight is 664 g/mol. The Kier molecular flexibility index (Phi) is 8.59. The van der Waals surface area contributed by atoms with E-state index >= 15 is 0 Å². The molecule has 47 heavy (non-hydrogen) atoms. The molecule has 3 heterocycles. The third kappa shape index (κ3) is 6.36. The third-order valence-corrected chi connectivity index (χ3v) is 10.6. The Morgan fingerprint density at radius 1 is 0.915 bits per heavy atom. The zero-order valence-corrected chi connectivity index (χ0v) is 26.4. The SMILES string of the molecule is CN1CCN(c2cc(C(N)=O)c(C(=O)Nc3n[nH]c4ccc(S(=O)(=O)c5cccc(F)c5)cc34)cc2N2CCC(C(=O)O)CC2)CC1. The molecule has 2 aliphatic heterocycles. The number of primary amides is 1. The van der Waals surface area contributed by atoms with Crippen LogP contribution in [0.3, 0.4) is 0 Å². The van der Waals surface area contributed by atoms with Gasteiger partial charge in [-0.2, -0.15) is 5.10 Å². The van der Waals surface area contributed by atoms with Gasteiger partial charge in [-0.3, -0.25) is 19.5 Å². The molecule has 15 heteroatoms. The van der Waals surface area contributed by atoms with Crippen molar-refractivity contribution in [3.8, 4) is 0 Å². The first kappa shape index (κ1) is 31.9. The van der Waals surface area contributed by atoms with Gasteiger partial charge in [0.25, 0.3) is 5.91 Å². The number of sulfone groups is 1. The van der Waals surface area contributed by atoms with E-state index < -0.39 is 39.4 Å². The topological polar surface area (TPSA) is 182 Å². The predicted molar refractivity (Wildman–Crippen MR) is 173 cm³/mol. The van der Waals surface area contributed by atoms with Crippen LogP contribution < -0.4 is 20.9 Å². The fourth-order valence-electron chi connectivity index (χ4n) is 6.09. The Balaban J connectivity index is 1.37. The summed E-state index contributed by atoms with van der Waals surface area (Å²) in [5, 5.41) is 19.4. The van der Waals surface area contributed by atoms with Crippen LogP contribution in [0.5, 0.6) is 0 Å². The number of rotatable bonds is 8. The van der Waals surface area contributed by atoms with Gasteiger partial charge < -0.3 is 30.9 Å². The highest BCUT2D eigenvalue weighted by Crippen LogP contribution is 2.37. The number of hydrogen-bond donors (Lipinski definition) is 4. The van der Waals surface area contributed by atoms with Gasteiger partial charge in [-0.05, 0) is 68.4 Å². The number of piperazine rings is 1. The Hall–Kier alpha value is -5.02. The lowest BCUT2D eigenvalue weighted by molar-refractivity contribution is -0.142. The van der Waals surface area contributed by atoms with E-state index in [-0.39, 0.29) is 32.1 Å². The Morgan fingerprint density at radius 2 is 1.55 bits per heavy atom. The minimum atomic E-state index is -4.10. The smallest absolute Gasteiger partial charge is 0.306 e. The van der Waals surface area contributed by atoms with Crippen molar-refractivity contribution >= 4 is 55.7 Å². The number of carbonyl (C=O) groups is 3. The highest BCUT2D eigenvalue weighted by atomic mass is 32.2. The van der Waals surface area contributed by atoms with E-state index in [9.17, 15) is 32.3 Å². The number of fused-ring (bicyclic) bond motifs is 1. The number of carboxylic acids is 1. The monoisotopic (exact) mass is 663 g/mol. The lowest BCUT2D eigenvalue weighted by Gasteiger charge is -2.39. The number of anilines is 3. The number of nitrogens with two attached hydrogens (primary N) is 1. The van der Waals surface area contributed by atoms with E-state index in [0.717, 1.165) is 30.9 Å². The molecule has 0 spiro atoms. The number of likely N-dealkylation sites (N-methyl/N-ethyl adjacent to an activating group) is 1. The summed E-state index contributed by atoms with van der Waals surface area (Å²) in [5.41, 5.74) is 7.64. The molecule has 5 N–H and O–H groups in total. The van der Waals surface area contributed by atoms with Gasteiger partial charge in [0.05, 0.1) is 43.7 Å². The van der Waals surface area contributed by atoms with Gasteiger partial charge in [0.2, 0.25) is 15.7 Å². The maximum Gasteiger partial charge on any atom is 0.306 e. The van der Waals surface area contributed by atoms with E-state index in [2.05, 4.69) is 25.3 Å². The molecule has 0 bridgehead atoms. The van der Waals surface area contributed by atoms with Crippen LogP contribution in [0.25, 0.3) is 10.9 Å². The molecule has 13 nitrogen and oxygen atoms in total. The molecule has 246 valence electrons. The van der Waals surface area contributed by atoms with Gasteiger partial charge in [0, 0.05) is 44.7 Å². The van der Waals surface area contributed by atoms with Gasteiger partial charge in [-0.15, -0.1) is 0 Å². The number of hydrogen-bond acceptors (Lipinski definition) is 9. The van der Waals surface area contributed by atoms with E-state index in [1.165, 1.54) is 30.3 Å². The normalized spacial score (nSPS) is 16.4. The minimum absolute atomic E-state index is 0.00480. The second-order valence-corrected chi connectivity index (χ2v) is 13.8. The summed E-state index contributed by atoms with van der Waals surface area (Å²) in [6, 6.07) is 12.1. The number of aromatic nitrogens is 2. The van der Waals surface area contributed by atoms with E-state index in [0.29, 0.717) is 50.2 Å². The van der Waals surface area contributed by atoms with Crippen LogP contribution in [0.4, 0.5) is 21.6 Å². The molecule has 0 aliphatic carbocycles. The van der Waals surface area contributed by atoms with E-state index in [1.54, 1.807) is 12.1 Å². The number of benzene rings is 3. The maximum absolute atomic E-state index is 13.9. The fourth-order valence-corrected chi connectivity index (χ4v) is 7.41. The van der Waals surface area contributed by atoms with Crippen molar-refractivity contribution in [2.75, 3.05) is 61.4 Å². The van der Waals surface area contributed by atoms with E-state index in [4.69, 9.17) is 5.73 Å². The molecule has 1 aromatic heterocycles. The van der Waals surface area contributed by atoms with Crippen molar-refractivity contribution in [2.45, 2.75) is 22.6 Å². The molecule has 6 rings (SSSR count). The van der Waals surface area contributed by atoms with E-state index in [1.807, 2.05) is 11.9 Å². The summed E-state index contributed by atoms with van der Waals surface area (Å²) < 4.78 is 40.4. The number of piperidine rings is 1. The summed E-state index contributed by atoms with van der Waals surface area (Å²) in [6.07, 6.45) is 0.855. The number of aliphatic carboxylic acids is 1. The number of amides is 2. The first-order valence-corrected chi connectivity index (χ1v) is 16.6. The number of halogens is 1. The van der Waals surface area contributed by atoms with Gasteiger partial charge in [-0.25, -0.2) is 12.8 Å². The lowest BCUT2D eigenvalue weighted by atomic mass is 9.95. The second-order valence-electron chi connectivity index (χ2n) is 11.8. The molecule has 0 atom stereocenters. The number of nitrogens with zero attached hydrogens (tertiary/aromatic N) is 4. The van der Waals surface area contributed by atoms with Crippen LogP contribution >= 0.6 is 0 Å². The first-order valence-electron chi connectivity index (χ1n) is 15.1. The molecule has 3 aromatic carbocycles. The van der Waals surface area contributed by atoms with Crippen LogP contribution in [0, 0.1) is 11.7 Å². The summed E-state index contributed by atoms with van der Waals surface area (Å²) in [6.45, 7) is 3.83. The molecule has 2 aliphatic rings. The molecule has 2 amide bonds. The minimum Gasteiger partial charge on any atom is -0.481 e. The number of H-pyrrole nitrogens is 1. The average Bonchev–Trinajstić information content (AvgIpc) is 3.46. The summed E-state index contributed by atoms with van der Waals surface area (Å²) >= 11 is 0. The molecule has 0 saturated carbocycles. The molecular formula is C32H34FN7O6S. The summed E-state index contributed by atoms with van der Waals surface area (Å²) in [7, 11) is -2.07. The van der Waals surface area contributed by atoms with Crippen LogP contribution in [0.1, 0.15) is 33.6 Å². The first-order chi connectivity index (χ1) is 22.4. The molecule has 0 unspecified atom stereocenters. The van der Waals surface area contributed by atoms with Crippen LogP contribution in [0.2, 0.25) is 0 Å². The Morgan fingerprint density at radius 3 is 2.19 bits per heavy atom. The van der Waals surface area contributed by atoms with Crippen molar-refractivity contribution in [1.29, 1.82) is 0 Å². The number of nitrogens with one attached hydrogen (secondary N) is 2. The summed E-state index contributed by atoms with van der Waals surface area (Å²) in [4.78, 5) is 44.3. The highest BCUT2D eigenvalue weighted by molar-refractivity contribution is 7.91. The van der Waals surface area contributed by atoms with Gasteiger partial charge in [0.1, 0.15) is 5.82 Å². The van der Waals surface area contributed by atoms with Crippen molar-refractivity contribution in [1.82, 2.24) is 15.1 Å². The molecule has 2 fully saturated rings. The molecule has 0 radical (unpaired) electrons. The van der Waals surface area contributed by atoms with Gasteiger partial charge in [-0.1, -0.05) is 6.07 Å².